The summed E-state index contributed by atoms with van der Waals surface area (Å²) in [4.78, 5) is 11.9. The third-order valence-corrected chi connectivity index (χ3v) is 2.82. The van der Waals surface area contributed by atoms with Gasteiger partial charge in [-0.3, -0.25) is 4.79 Å². The van der Waals surface area contributed by atoms with Crippen molar-refractivity contribution in [3.8, 4) is 0 Å². The fourth-order valence-electron chi connectivity index (χ4n) is 1.48. The molecule has 1 rings (SSSR count). The number of hydrogen-bond donors (Lipinski definition) is 2. The first kappa shape index (κ1) is 15.0. The smallest absolute Gasteiger partial charge is 0.237 e. The van der Waals surface area contributed by atoms with E-state index in [0.717, 1.165) is 5.56 Å². The molecule has 0 saturated heterocycles. The van der Waals surface area contributed by atoms with Crippen LogP contribution in [-0.2, 0) is 11.3 Å². The zero-order valence-electron chi connectivity index (χ0n) is 11.4. The highest BCUT2D eigenvalue weighted by Gasteiger charge is 2.18. The summed E-state index contributed by atoms with van der Waals surface area (Å²) in [5.74, 6) is -0.00504. The van der Waals surface area contributed by atoms with Crippen LogP contribution in [0.4, 0.5) is 0 Å². The Labute approximate surface area is 114 Å². The fourth-order valence-corrected chi connectivity index (χ4v) is 1.68. The molecule has 0 spiro atoms. The van der Waals surface area contributed by atoms with Gasteiger partial charge < -0.3 is 10.6 Å². The largest absolute Gasteiger partial charge is 0.350 e. The summed E-state index contributed by atoms with van der Waals surface area (Å²) in [7, 11) is 0. The normalized spacial score (nSPS) is 13.2. The number of carbonyl (C=O) groups excluding carboxylic acids is 1. The van der Waals surface area contributed by atoms with Crippen LogP contribution in [0, 0.1) is 0 Å². The topological polar surface area (TPSA) is 41.1 Å². The third kappa shape index (κ3) is 5.07. The number of nitrogens with one attached hydrogen (secondary N) is 2. The molecular weight excluding hydrogens is 248 g/mol. The number of carbonyl (C=O) groups is 1. The molecule has 1 aromatic carbocycles. The van der Waals surface area contributed by atoms with Crippen molar-refractivity contribution < 1.29 is 4.79 Å². The van der Waals surface area contributed by atoms with Gasteiger partial charge in [0.2, 0.25) is 5.91 Å². The summed E-state index contributed by atoms with van der Waals surface area (Å²) >= 11 is 6.05. The Hall–Kier alpha value is -1.06. The monoisotopic (exact) mass is 268 g/mol. The summed E-state index contributed by atoms with van der Waals surface area (Å²) in [6.45, 7) is 8.32. The molecule has 1 amide bonds. The van der Waals surface area contributed by atoms with Crippen LogP contribution in [-0.4, -0.2) is 17.5 Å². The Kier molecular flexibility index (Phi) is 5.17. The van der Waals surface area contributed by atoms with Gasteiger partial charge in [0.1, 0.15) is 0 Å². The first-order valence-corrected chi connectivity index (χ1v) is 6.46. The highest BCUT2D eigenvalue weighted by atomic mass is 35.5. The van der Waals surface area contributed by atoms with Crippen LogP contribution in [0.5, 0.6) is 0 Å². The molecule has 1 unspecified atom stereocenters. The van der Waals surface area contributed by atoms with Gasteiger partial charge in [0.05, 0.1) is 6.04 Å². The highest BCUT2D eigenvalue weighted by Crippen LogP contribution is 2.14. The molecule has 0 aromatic heterocycles. The Morgan fingerprint density at radius 3 is 2.50 bits per heavy atom. The van der Waals surface area contributed by atoms with E-state index in [2.05, 4.69) is 10.6 Å². The van der Waals surface area contributed by atoms with Crippen molar-refractivity contribution in [1.29, 1.82) is 0 Å². The number of hydrogen-bond acceptors (Lipinski definition) is 2. The average molecular weight is 269 g/mol. The van der Waals surface area contributed by atoms with Crippen molar-refractivity contribution in [2.75, 3.05) is 0 Å². The van der Waals surface area contributed by atoms with Gasteiger partial charge in [-0.25, -0.2) is 0 Å². The van der Waals surface area contributed by atoms with Gasteiger partial charge in [-0.15, -0.1) is 0 Å². The minimum atomic E-state index is -0.250. The van der Waals surface area contributed by atoms with Crippen molar-refractivity contribution in [2.24, 2.45) is 0 Å². The number of benzene rings is 1. The van der Waals surface area contributed by atoms with Crippen molar-refractivity contribution >= 4 is 17.5 Å². The molecule has 0 fully saturated rings. The van der Waals surface area contributed by atoms with Crippen LogP contribution in [0.2, 0.25) is 5.02 Å². The standard InChI is InChI=1S/C14H21ClN2O/c1-10(13(18)17-14(2,3)4)16-9-11-7-5-6-8-12(11)15/h5-8,10,16H,9H2,1-4H3,(H,17,18). The van der Waals surface area contributed by atoms with E-state index in [-0.39, 0.29) is 17.5 Å². The Morgan fingerprint density at radius 1 is 1.33 bits per heavy atom. The zero-order valence-corrected chi connectivity index (χ0v) is 12.1. The van der Waals surface area contributed by atoms with Crippen LogP contribution < -0.4 is 10.6 Å². The molecule has 0 heterocycles. The van der Waals surface area contributed by atoms with Crippen LogP contribution >= 0.6 is 11.6 Å². The van der Waals surface area contributed by atoms with Crippen LogP contribution in [0.3, 0.4) is 0 Å². The second-order valence-corrected chi connectivity index (χ2v) is 5.84. The predicted molar refractivity (Wildman–Crippen MR) is 75.6 cm³/mol. The lowest BCUT2D eigenvalue weighted by Gasteiger charge is -2.23. The van der Waals surface area contributed by atoms with E-state index in [1.807, 2.05) is 52.0 Å². The van der Waals surface area contributed by atoms with E-state index in [1.165, 1.54) is 0 Å². The molecule has 18 heavy (non-hydrogen) atoms. The van der Waals surface area contributed by atoms with Crippen molar-refractivity contribution in [3.63, 3.8) is 0 Å². The molecule has 1 aromatic rings. The maximum absolute atomic E-state index is 11.9. The lowest BCUT2D eigenvalue weighted by Crippen LogP contribution is -2.49. The summed E-state index contributed by atoms with van der Waals surface area (Å²) in [6, 6.07) is 7.37. The van der Waals surface area contributed by atoms with Gasteiger partial charge >= 0.3 is 0 Å². The summed E-state index contributed by atoms with van der Waals surface area (Å²) in [5, 5.41) is 6.82. The molecule has 4 heteroatoms. The summed E-state index contributed by atoms with van der Waals surface area (Å²) in [6.07, 6.45) is 0. The van der Waals surface area contributed by atoms with Crippen LogP contribution in [0.1, 0.15) is 33.3 Å². The molecule has 0 aliphatic heterocycles. The van der Waals surface area contributed by atoms with E-state index in [1.54, 1.807) is 0 Å². The predicted octanol–water partition coefficient (Wildman–Crippen LogP) is 2.73. The maximum Gasteiger partial charge on any atom is 0.237 e. The van der Waals surface area contributed by atoms with E-state index in [9.17, 15) is 4.79 Å². The Balaban J connectivity index is 2.49. The zero-order chi connectivity index (χ0) is 13.8. The van der Waals surface area contributed by atoms with Gasteiger partial charge in [0.15, 0.2) is 0 Å². The summed E-state index contributed by atoms with van der Waals surface area (Å²) < 4.78 is 0. The van der Waals surface area contributed by atoms with E-state index < -0.39 is 0 Å². The van der Waals surface area contributed by atoms with Crippen LogP contribution in [0.25, 0.3) is 0 Å². The molecule has 0 aliphatic carbocycles. The van der Waals surface area contributed by atoms with E-state index in [4.69, 9.17) is 11.6 Å². The van der Waals surface area contributed by atoms with Gasteiger partial charge in [0, 0.05) is 17.1 Å². The average Bonchev–Trinajstić information content (AvgIpc) is 2.25. The minimum absolute atomic E-state index is 0.00504. The molecular formula is C14H21ClN2O. The van der Waals surface area contributed by atoms with Crippen molar-refractivity contribution in [3.05, 3.63) is 34.9 Å². The van der Waals surface area contributed by atoms with Gasteiger partial charge in [-0.2, -0.15) is 0 Å². The first-order chi connectivity index (χ1) is 8.29. The maximum atomic E-state index is 11.9. The third-order valence-electron chi connectivity index (χ3n) is 2.45. The van der Waals surface area contributed by atoms with Crippen molar-refractivity contribution in [2.45, 2.75) is 45.8 Å². The molecule has 0 bridgehead atoms. The quantitative estimate of drug-likeness (QED) is 0.882. The molecule has 0 radical (unpaired) electrons. The lowest BCUT2D eigenvalue weighted by atomic mass is 10.1. The second-order valence-electron chi connectivity index (χ2n) is 5.43. The van der Waals surface area contributed by atoms with Gasteiger partial charge in [-0.1, -0.05) is 29.8 Å². The van der Waals surface area contributed by atoms with Crippen LogP contribution in [0.15, 0.2) is 24.3 Å². The number of halogens is 1. The number of amides is 1. The van der Waals surface area contributed by atoms with Gasteiger partial charge in [0.25, 0.3) is 0 Å². The minimum Gasteiger partial charge on any atom is -0.350 e. The fraction of sp³-hybridized carbons (Fsp3) is 0.500. The molecule has 0 aliphatic rings. The lowest BCUT2D eigenvalue weighted by molar-refractivity contribution is -0.124. The Morgan fingerprint density at radius 2 is 1.94 bits per heavy atom. The second kappa shape index (κ2) is 6.21. The molecule has 3 nitrogen and oxygen atoms in total. The first-order valence-electron chi connectivity index (χ1n) is 6.08. The van der Waals surface area contributed by atoms with E-state index in [0.29, 0.717) is 11.6 Å². The molecule has 1 atom stereocenters. The SMILES string of the molecule is CC(NCc1ccccc1Cl)C(=O)NC(C)(C)C. The van der Waals surface area contributed by atoms with E-state index >= 15 is 0 Å². The molecule has 0 saturated carbocycles. The molecule has 100 valence electrons. The van der Waals surface area contributed by atoms with Crippen molar-refractivity contribution in [1.82, 2.24) is 10.6 Å². The highest BCUT2D eigenvalue weighted by molar-refractivity contribution is 6.31. The number of rotatable bonds is 4. The molecule has 2 N–H and O–H groups in total. The van der Waals surface area contributed by atoms with Gasteiger partial charge in [-0.05, 0) is 39.3 Å². The Bertz CT molecular complexity index is 413. The summed E-state index contributed by atoms with van der Waals surface area (Å²) in [5.41, 5.74) is 0.784.